The van der Waals surface area contributed by atoms with E-state index >= 15 is 0 Å². The number of ketones is 1. The summed E-state index contributed by atoms with van der Waals surface area (Å²) in [5.41, 5.74) is 4.22. The number of aromatic nitrogens is 1. The van der Waals surface area contributed by atoms with E-state index in [1.54, 1.807) is 45.3 Å². The number of carbonyl (C=O) groups is 3. The molecule has 3 heterocycles. The predicted octanol–water partition coefficient (Wildman–Crippen LogP) is 4.01. The fourth-order valence-corrected chi connectivity index (χ4v) is 7.03. The van der Waals surface area contributed by atoms with Crippen LogP contribution in [0.15, 0.2) is 91.6 Å². The van der Waals surface area contributed by atoms with Gasteiger partial charge in [-0.25, -0.2) is 14.8 Å². The van der Waals surface area contributed by atoms with Crippen molar-refractivity contribution in [3.8, 4) is 5.75 Å². The largest absolute Gasteiger partial charge is 0.508 e. The molecule has 2 fully saturated rings. The van der Waals surface area contributed by atoms with Gasteiger partial charge in [-0.2, -0.15) is 0 Å². The smallest absolute Gasteiger partial charge is 0.334 e. The molecule has 3 N–H and O–H groups in total. The molecule has 0 spiro atoms. The van der Waals surface area contributed by atoms with Crippen LogP contribution in [0.1, 0.15) is 40.4 Å². The molecule has 6 rings (SSSR count). The van der Waals surface area contributed by atoms with Crippen molar-refractivity contribution in [1.29, 1.82) is 0 Å². The number of aliphatic hydroxyl groups is 1. The normalized spacial score (nSPS) is 20.1. The number of amides is 3. The number of hydrogen-bond acceptors (Lipinski definition) is 7. The minimum atomic E-state index is -1.08. The van der Waals surface area contributed by atoms with Crippen molar-refractivity contribution >= 4 is 28.6 Å². The molecular weight excluding hydrogens is 608 g/mol. The molecule has 2 aliphatic rings. The second-order valence-electron chi connectivity index (χ2n) is 12.4. The second kappa shape index (κ2) is 14.0. The summed E-state index contributed by atoms with van der Waals surface area (Å²) in [4.78, 5) is 44.3. The number of phenolic OH excluding ortho intramolecular Hbond substituents is 1. The van der Waals surface area contributed by atoms with Crippen molar-refractivity contribution in [1.82, 2.24) is 29.7 Å². The Hall–Kier alpha value is -4.97. The predicted molar refractivity (Wildman–Crippen MR) is 182 cm³/mol. The SMILES string of the molecule is C=CCN1CC(=O)N2[C@@H](Cc3ccc(O)cc3)C(O)N(Cc3cccc4c(C(=O)CC)cn(C)c34)C[C@@H]2N1C(=O)NCc1ccccc1. The molecule has 1 aromatic heterocycles. The van der Waals surface area contributed by atoms with Gasteiger partial charge >= 0.3 is 6.03 Å². The van der Waals surface area contributed by atoms with Crippen LogP contribution in [-0.4, -0.2) is 90.4 Å². The lowest BCUT2D eigenvalue weighted by molar-refractivity contribution is -0.210. The maximum absolute atomic E-state index is 14.0. The summed E-state index contributed by atoms with van der Waals surface area (Å²) >= 11 is 0. The van der Waals surface area contributed by atoms with Gasteiger partial charge in [0.05, 0.1) is 18.1 Å². The van der Waals surface area contributed by atoms with E-state index in [0.717, 1.165) is 27.6 Å². The quantitative estimate of drug-likeness (QED) is 0.175. The average Bonchev–Trinajstić information content (AvgIpc) is 3.43. The fourth-order valence-electron chi connectivity index (χ4n) is 7.03. The first-order chi connectivity index (χ1) is 23.2. The van der Waals surface area contributed by atoms with Gasteiger partial charge in [0.1, 0.15) is 18.1 Å². The number of para-hydroxylation sites is 1. The molecule has 0 aliphatic carbocycles. The zero-order valence-electron chi connectivity index (χ0n) is 27.3. The van der Waals surface area contributed by atoms with Crippen molar-refractivity contribution in [2.24, 2.45) is 7.05 Å². The third-order valence-corrected chi connectivity index (χ3v) is 9.28. The Morgan fingerprint density at radius 1 is 1.02 bits per heavy atom. The number of hydrogen-bond donors (Lipinski definition) is 3. The van der Waals surface area contributed by atoms with Crippen molar-refractivity contribution in [3.63, 3.8) is 0 Å². The summed E-state index contributed by atoms with van der Waals surface area (Å²) in [6.45, 7) is 6.71. The number of nitrogens with zero attached hydrogens (tertiary/aromatic N) is 5. The number of hydrazine groups is 1. The number of piperazine rings is 1. The van der Waals surface area contributed by atoms with Gasteiger partial charge in [-0.05, 0) is 35.2 Å². The molecule has 0 bridgehead atoms. The van der Waals surface area contributed by atoms with Crippen molar-refractivity contribution in [3.05, 3.63) is 114 Å². The zero-order chi connectivity index (χ0) is 33.9. The monoisotopic (exact) mass is 650 g/mol. The molecule has 3 amide bonds. The van der Waals surface area contributed by atoms with Gasteiger partial charge in [0.25, 0.3) is 0 Å². The first-order valence-electron chi connectivity index (χ1n) is 16.3. The number of Topliss-reactive ketones (excluding diaryl/α,β-unsaturated/α-hetero) is 1. The Balaban J connectivity index is 1.39. The number of aryl methyl sites for hydroxylation is 1. The van der Waals surface area contributed by atoms with E-state index in [-0.39, 0.29) is 43.1 Å². The number of aliphatic hydroxyl groups excluding tert-OH is 1. The van der Waals surface area contributed by atoms with Crippen LogP contribution in [0, 0.1) is 0 Å². The second-order valence-corrected chi connectivity index (χ2v) is 12.4. The number of rotatable bonds is 10. The van der Waals surface area contributed by atoms with Crippen LogP contribution < -0.4 is 5.32 Å². The van der Waals surface area contributed by atoms with E-state index in [9.17, 15) is 24.6 Å². The van der Waals surface area contributed by atoms with Gasteiger partial charge < -0.3 is 25.0 Å². The third-order valence-electron chi connectivity index (χ3n) is 9.28. The molecule has 11 nitrogen and oxygen atoms in total. The van der Waals surface area contributed by atoms with Crippen LogP contribution in [-0.2, 0) is 31.4 Å². The van der Waals surface area contributed by atoms with Gasteiger partial charge in [-0.3, -0.25) is 14.5 Å². The summed E-state index contributed by atoms with van der Waals surface area (Å²) in [7, 11) is 1.91. The van der Waals surface area contributed by atoms with Crippen LogP contribution in [0.25, 0.3) is 10.9 Å². The van der Waals surface area contributed by atoms with Gasteiger partial charge in [-0.1, -0.05) is 73.7 Å². The van der Waals surface area contributed by atoms with E-state index < -0.39 is 18.4 Å². The molecule has 0 radical (unpaired) electrons. The highest BCUT2D eigenvalue weighted by molar-refractivity contribution is 6.08. The summed E-state index contributed by atoms with van der Waals surface area (Å²) in [5.74, 6) is -0.0290. The molecule has 2 aliphatic heterocycles. The Kier molecular flexibility index (Phi) is 9.63. The maximum atomic E-state index is 14.0. The number of benzene rings is 3. The van der Waals surface area contributed by atoms with E-state index in [4.69, 9.17) is 0 Å². The van der Waals surface area contributed by atoms with E-state index in [2.05, 4.69) is 11.9 Å². The van der Waals surface area contributed by atoms with Crippen molar-refractivity contribution < 1.29 is 24.6 Å². The zero-order valence-corrected chi connectivity index (χ0v) is 27.3. The lowest BCUT2D eigenvalue weighted by Gasteiger charge is -2.57. The maximum Gasteiger partial charge on any atom is 0.334 e. The topological polar surface area (TPSA) is 122 Å². The molecule has 250 valence electrons. The van der Waals surface area contributed by atoms with Crippen LogP contribution in [0.3, 0.4) is 0 Å². The molecule has 2 saturated heterocycles. The molecule has 48 heavy (non-hydrogen) atoms. The number of urea groups is 1. The summed E-state index contributed by atoms with van der Waals surface area (Å²) in [6.07, 6.45) is 2.39. The van der Waals surface area contributed by atoms with Gasteiger partial charge in [0.15, 0.2) is 5.78 Å². The molecule has 0 saturated carbocycles. The third kappa shape index (κ3) is 6.44. The Morgan fingerprint density at radius 3 is 2.48 bits per heavy atom. The van der Waals surface area contributed by atoms with Crippen molar-refractivity contribution in [2.45, 2.75) is 51.3 Å². The minimum Gasteiger partial charge on any atom is -0.508 e. The first kappa shape index (κ1) is 33.0. The highest BCUT2D eigenvalue weighted by Gasteiger charge is 2.51. The molecular formula is C37H42N6O5. The lowest BCUT2D eigenvalue weighted by atomic mass is 9.97. The summed E-state index contributed by atoms with van der Waals surface area (Å²) < 4.78 is 1.95. The first-order valence-corrected chi connectivity index (χ1v) is 16.3. The van der Waals surface area contributed by atoms with Crippen molar-refractivity contribution in [2.75, 3.05) is 19.6 Å². The van der Waals surface area contributed by atoms with Gasteiger partial charge in [0, 0.05) is 56.8 Å². The Bertz CT molecular complexity index is 1810. The van der Waals surface area contributed by atoms with Gasteiger partial charge in [-0.15, -0.1) is 6.58 Å². The van der Waals surface area contributed by atoms with E-state index in [0.29, 0.717) is 31.5 Å². The molecule has 1 unspecified atom stereocenters. The number of aromatic hydroxyl groups is 1. The molecule has 3 aromatic carbocycles. The number of phenols is 1. The minimum absolute atomic E-state index is 0.0561. The van der Waals surface area contributed by atoms with Crippen LogP contribution >= 0.6 is 0 Å². The summed E-state index contributed by atoms with van der Waals surface area (Å²) in [6, 6.07) is 21.1. The lowest BCUT2D eigenvalue weighted by Crippen LogP contribution is -2.77. The average molecular weight is 651 g/mol. The molecule has 4 aromatic rings. The molecule has 11 heteroatoms. The summed E-state index contributed by atoms with van der Waals surface area (Å²) in [5, 5.41) is 29.1. The van der Waals surface area contributed by atoms with Crippen LogP contribution in [0.2, 0.25) is 0 Å². The van der Waals surface area contributed by atoms with Crippen LogP contribution in [0.4, 0.5) is 4.79 Å². The van der Waals surface area contributed by atoms with E-state index in [1.165, 1.54) is 0 Å². The highest BCUT2D eigenvalue weighted by atomic mass is 16.3. The standard InChI is InChI=1S/C37H42N6O5/c1-4-18-41-24-34(46)42-31(19-25-14-16-28(44)17-15-25)36(47)40(23-33(42)43(41)37(48)38-20-26-10-7-6-8-11-26)21-27-12-9-13-29-30(32(45)5-2)22-39(3)35(27)29/h4,6-17,22,31,33,36,44,47H,1,5,18-21,23-24H2,2-3H3,(H,38,48)/t31-,33-,36?/m0/s1. The van der Waals surface area contributed by atoms with Gasteiger partial charge in [0.2, 0.25) is 5.91 Å². The van der Waals surface area contributed by atoms with Crippen LogP contribution in [0.5, 0.6) is 5.75 Å². The van der Waals surface area contributed by atoms with E-state index in [1.807, 2.05) is 78.2 Å². The number of fused-ring (bicyclic) bond motifs is 2. The number of nitrogens with one attached hydrogen (secondary N) is 1. The fraction of sp³-hybridized carbons (Fsp3) is 0.324. The molecule has 3 atom stereocenters. The number of carbonyl (C=O) groups excluding carboxylic acids is 3. The Labute approximate surface area is 280 Å². The Morgan fingerprint density at radius 2 is 1.77 bits per heavy atom. The highest BCUT2D eigenvalue weighted by Crippen LogP contribution is 2.33.